The fourth-order valence-corrected chi connectivity index (χ4v) is 22.5. The number of hydrogen-bond acceptors (Lipinski definition) is 2. The van der Waals surface area contributed by atoms with Crippen LogP contribution in [-0.4, -0.2) is 0 Å². The quantitative estimate of drug-likeness (QED) is 0.112. The Hall–Kier alpha value is -15.5. The summed E-state index contributed by atoms with van der Waals surface area (Å²) in [6.45, 7) is 9.69. The predicted molar refractivity (Wildman–Crippen MR) is 526 cm³/mol. The molecule has 24 aromatic rings. The highest BCUT2D eigenvalue weighted by Crippen LogP contribution is 2.60. The topological polar surface area (TPSA) is 26.3 Å². The summed E-state index contributed by atoms with van der Waals surface area (Å²) in [5, 5.41) is 25.1. The van der Waals surface area contributed by atoms with E-state index in [1.807, 2.05) is 18.2 Å². The molecule has 580 valence electrons. The third-order valence-electron chi connectivity index (χ3n) is 27.6. The van der Waals surface area contributed by atoms with Crippen LogP contribution in [0.5, 0.6) is 0 Å². The molecule has 0 amide bonds. The Bertz CT molecular complexity index is 8540. The molecule has 2 heteroatoms. The van der Waals surface area contributed by atoms with Gasteiger partial charge in [-0.25, -0.2) is 0 Å². The fourth-order valence-electron chi connectivity index (χ4n) is 22.5. The predicted octanol–water partition coefficient (Wildman–Crippen LogP) is 34.3. The van der Waals surface area contributed by atoms with Crippen molar-refractivity contribution in [2.45, 2.75) is 38.5 Å². The van der Waals surface area contributed by atoms with Crippen LogP contribution < -0.4 is 0 Å². The highest BCUT2D eigenvalue weighted by molar-refractivity contribution is 6.26. The first-order valence-electron chi connectivity index (χ1n) is 43.4. The van der Waals surface area contributed by atoms with E-state index in [1.165, 1.54) is 209 Å². The van der Waals surface area contributed by atoms with Gasteiger partial charge in [0.2, 0.25) is 0 Å². The van der Waals surface area contributed by atoms with Crippen molar-refractivity contribution in [2.24, 2.45) is 0 Å². The summed E-state index contributed by atoms with van der Waals surface area (Å²) in [5.74, 6) is 0. The molecule has 0 unspecified atom stereocenters. The van der Waals surface area contributed by atoms with Gasteiger partial charge in [-0.15, -0.1) is 0 Å². The zero-order valence-corrected chi connectivity index (χ0v) is 69.1. The van der Waals surface area contributed by atoms with Gasteiger partial charge in [0.15, 0.2) is 0 Å². The summed E-state index contributed by atoms with van der Waals surface area (Å²) in [4.78, 5) is 0. The molecular weight excluding hydrogens is 1500 g/mol. The monoisotopic (exact) mass is 1580 g/mol. The van der Waals surface area contributed by atoms with Crippen LogP contribution in [-0.2, 0) is 10.8 Å². The number of hydrogen-bond donors (Lipinski definition) is 0. The van der Waals surface area contributed by atoms with E-state index in [9.17, 15) is 0 Å². The van der Waals surface area contributed by atoms with E-state index in [4.69, 9.17) is 8.83 Å². The zero-order chi connectivity index (χ0) is 82.2. The maximum Gasteiger partial charge on any atom is 0.143 e. The zero-order valence-electron chi connectivity index (χ0n) is 69.1. The Morgan fingerprint density at radius 1 is 0.145 bits per heavy atom. The van der Waals surface area contributed by atoms with Crippen LogP contribution in [0.25, 0.3) is 241 Å². The van der Waals surface area contributed by atoms with Crippen LogP contribution in [0.2, 0.25) is 0 Å². The third-order valence-corrected chi connectivity index (χ3v) is 27.6. The van der Waals surface area contributed by atoms with Crippen LogP contribution in [0, 0.1) is 0 Å². The molecule has 22 aromatic carbocycles. The van der Waals surface area contributed by atoms with Gasteiger partial charge in [-0.3, -0.25) is 0 Å². The molecule has 0 bridgehead atoms. The summed E-state index contributed by atoms with van der Waals surface area (Å²) < 4.78 is 12.8. The fraction of sp³-hybridized carbons (Fsp3) is 0.0492. The van der Waals surface area contributed by atoms with Crippen LogP contribution in [0.1, 0.15) is 49.9 Å². The molecular formula is C122H80O2. The smallest absolute Gasteiger partial charge is 0.143 e. The van der Waals surface area contributed by atoms with Gasteiger partial charge in [-0.2, -0.15) is 0 Å². The highest BCUT2D eigenvalue weighted by atomic mass is 16.3. The molecule has 0 fully saturated rings. The van der Waals surface area contributed by atoms with Crippen LogP contribution in [0.4, 0.5) is 0 Å². The lowest BCUT2D eigenvalue weighted by atomic mass is 9.76. The molecule has 0 aliphatic heterocycles. The van der Waals surface area contributed by atoms with Crippen molar-refractivity contribution in [2.75, 3.05) is 0 Å². The van der Waals surface area contributed by atoms with Crippen molar-refractivity contribution >= 4 is 130 Å². The number of furan rings is 2. The van der Waals surface area contributed by atoms with Gasteiger partial charge >= 0.3 is 0 Å². The number of benzene rings is 22. The molecule has 0 saturated heterocycles. The minimum Gasteiger partial charge on any atom is -0.456 e. The van der Waals surface area contributed by atoms with Crippen molar-refractivity contribution in [1.29, 1.82) is 0 Å². The normalized spacial score (nSPS) is 13.1. The molecule has 2 nitrogen and oxygen atoms in total. The van der Waals surface area contributed by atoms with Gasteiger partial charge < -0.3 is 8.83 Å². The van der Waals surface area contributed by atoms with E-state index in [-0.39, 0.29) is 10.8 Å². The van der Waals surface area contributed by atoms with Gasteiger partial charge in [0.05, 0.1) is 0 Å². The SMILES string of the molecule is CC1(C)c2c(-c3ccc(-c4c5ccccc5c(-c5cccc(-c6ccc7oc8ccccc8c7c6)c5)c5ccccc45)cc3)cccc2-c2c1c1ccccc1c1ccccc21.CC1(C)c2c(-c3ccc(-c4c5ccccc5c(-c5ccccc5-c5cccc6c5oc5ccccc56)c5ccccc45)cc3)cccc2-c2c1c1ccccc1c1ccccc21. The highest BCUT2D eigenvalue weighted by Gasteiger charge is 2.42. The Labute approximate surface area is 718 Å². The van der Waals surface area contributed by atoms with Crippen molar-refractivity contribution in [3.05, 3.63) is 435 Å². The first-order valence-corrected chi connectivity index (χ1v) is 43.4. The van der Waals surface area contributed by atoms with Crippen LogP contribution in [0.3, 0.4) is 0 Å². The van der Waals surface area contributed by atoms with Crippen molar-refractivity contribution in [3.63, 3.8) is 0 Å². The summed E-state index contributed by atoms with van der Waals surface area (Å²) >= 11 is 0. The molecule has 0 saturated carbocycles. The van der Waals surface area contributed by atoms with Crippen molar-refractivity contribution < 1.29 is 8.83 Å². The Morgan fingerprint density at radius 3 is 0.895 bits per heavy atom. The largest absolute Gasteiger partial charge is 0.456 e. The minimum absolute atomic E-state index is 0.191. The Balaban J connectivity index is 0.000000136. The second-order valence-electron chi connectivity index (χ2n) is 34.9. The second-order valence-corrected chi connectivity index (χ2v) is 34.9. The number of para-hydroxylation sites is 3. The summed E-state index contributed by atoms with van der Waals surface area (Å²) in [6, 6.07) is 152. The number of rotatable bonds is 8. The van der Waals surface area contributed by atoms with E-state index in [0.717, 1.165) is 55.0 Å². The van der Waals surface area contributed by atoms with Gasteiger partial charge in [0.25, 0.3) is 0 Å². The van der Waals surface area contributed by atoms with E-state index in [1.54, 1.807) is 0 Å². The Morgan fingerprint density at radius 2 is 0.427 bits per heavy atom. The van der Waals surface area contributed by atoms with E-state index < -0.39 is 0 Å². The molecule has 0 radical (unpaired) electrons. The summed E-state index contributed by atoms with van der Waals surface area (Å²) in [6.07, 6.45) is 0. The average molecular weight is 1580 g/mol. The van der Waals surface area contributed by atoms with Crippen molar-refractivity contribution in [3.8, 4) is 111 Å². The molecule has 0 spiro atoms. The lowest BCUT2D eigenvalue weighted by Crippen LogP contribution is -2.17. The van der Waals surface area contributed by atoms with Crippen molar-refractivity contribution in [1.82, 2.24) is 0 Å². The molecule has 124 heavy (non-hydrogen) atoms. The van der Waals surface area contributed by atoms with Gasteiger partial charge in [0.1, 0.15) is 22.3 Å². The molecule has 0 N–H and O–H groups in total. The van der Waals surface area contributed by atoms with Crippen LogP contribution >= 0.6 is 0 Å². The average Bonchev–Trinajstić information content (AvgIpc) is 1.54. The number of fused-ring (bicyclic) bond motifs is 26. The van der Waals surface area contributed by atoms with Gasteiger partial charge in [0, 0.05) is 37.9 Å². The summed E-state index contributed by atoms with van der Waals surface area (Å²) in [5.41, 5.74) is 33.9. The molecule has 26 rings (SSSR count). The lowest BCUT2D eigenvalue weighted by molar-refractivity contribution is 0.668. The first kappa shape index (κ1) is 71.4. The first-order chi connectivity index (χ1) is 61.1. The second kappa shape index (κ2) is 27.5. The van der Waals surface area contributed by atoms with Gasteiger partial charge in [-0.1, -0.05) is 410 Å². The van der Waals surface area contributed by atoms with Crippen LogP contribution in [0.15, 0.2) is 421 Å². The van der Waals surface area contributed by atoms with E-state index in [0.29, 0.717) is 0 Å². The van der Waals surface area contributed by atoms with Gasteiger partial charge in [-0.05, 0) is 244 Å². The van der Waals surface area contributed by atoms with E-state index >= 15 is 0 Å². The molecule has 2 aliphatic rings. The van der Waals surface area contributed by atoms with E-state index in [2.05, 4.69) is 422 Å². The maximum atomic E-state index is 6.61. The maximum absolute atomic E-state index is 6.61. The molecule has 0 atom stereocenters. The Kier molecular flexibility index (Phi) is 15.9. The molecule has 2 heterocycles. The third kappa shape index (κ3) is 10.6. The molecule has 2 aromatic heterocycles. The summed E-state index contributed by atoms with van der Waals surface area (Å²) in [7, 11) is 0. The molecule has 2 aliphatic carbocycles. The standard InChI is InChI=1S/2C61H40O/c1-61(2)58-39(28-15-31-53(58)57-45-22-7-3-17-40(45)41-18-5-12-27-50(41)59(57)61)37-33-35-38(36-34-37)55-46-23-8-10-25-48(46)56(49-26-11-9-24-47(49)55)44-21-6-4-19-42(44)51-29-16-30-52-43-20-13-14-32-54(43)62-60(51)52;1-61(2)59-42(26-14-27-52(59)58-46-20-5-3-17-43(46)44-18-4-10-25-51(44)60(58)61)37-29-31-38(32-30-37)56-47-21-6-8-23-49(47)57(50-24-9-7-22-48(50)56)41-16-13-15-39(35-41)40-33-34-55-53(36-40)45-19-11-12-28-54(45)62-55/h2*3-36H,1-2H3. The minimum atomic E-state index is -0.196. The lowest BCUT2D eigenvalue weighted by Gasteiger charge is -2.26.